The summed E-state index contributed by atoms with van der Waals surface area (Å²) in [4.78, 5) is 0. The third-order valence-corrected chi connectivity index (χ3v) is 1.41. The van der Waals surface area contributed by atoms with E-state index >= 15 is 0 Å². The van der Waals surface area contributed by atoms with Crippen molar-refractivity contribution < 1.29 is 62.2 Å². The largest absolute Gasteiger partial charge is 0.525 e. The van der Waals surface area contributed by atoms with Crippen molar-refractivity contribution >= 4 is 0 Å². The molecular formula is C6H2F12O2. The lowest BCUT2D eigenvalue weighted by Gasteiger charge is -2.34. The first-order chi connectivity index (χ1) is 8.41. The maximum Gasteiger partial charge on any atom is 0.525 e. The van der Waals surface area contributed by atoms with Crippen LogP contribution in [0.3, 0.4) is 0 Å². The minimum atomic E-state index is -7.03. The number of rotatable bonds is 4. The number of halogens is 12. The maximum atomic E-state index is 12.8. The molecule has 0 rings (SSSR count). The monoisotopic (exact) mass is 334 g/mol. The van der Waals surface area contributed by atoms with Gasteiger partial charge in [0.2, 0.25) is 0 Å². The minimum Gasteiger partial charge on any atom is -0.306 e. The van der Waals surface area contributed by atoms with Crippen LogP contribution in [0.5, 0.6) is 0 Å². The van der Waals surface area contributed by atoms with Crippen LogP contribution in [0.15, 0.2) is 0 Å². The van der Waals surface area contributed by atoms with Gasteiger partial charge in [-0.1, -0.05) is 0 Å². The zero-order valence-corrected chi connectivity index (χ0v) is 8.56. The Labute approximate surface area is 101 Å². The molecule has 0 amide bonds. The zero-order chi connectivity index (χ0) is 16.6. The zero-order valence-electron chi connectivity index (χ0n) is 8.56. The van der Waals surface area contributed by atoms with Crippen molar-refractivity contribution in [3.63, 3.8) is 0 Å². The van der Waals surface area contributed by atoms with Gasteiger partial charge < -0.3 is 4.74 Å². The molecule has 0 N–H and O–H groups in total. The molecule has 0 aliphatic carbocycles. The molecule has 1 atom stereocenters. The van der Waals surface area contributed by atoms with Gasteiger partial charge in [-0.15, -0.1) is 13.2 Å². The molecule has 0 saturated heterocycles. The van der Waals surface area contributed by atoms with Crippen molar-refractivity contribution in [2.24, 2.45) is 0 Å². The molecule has 2 nitrogen and oxygen atoms in total. The Balaban J connectivity index is 5.42. The fourth-order valence-electron chi connectivity index (χ4n) is 0.707. The quantitative estimate of drug-likeness (QED) is 0.726. The summed E-state index contributed by atoms with van der Waals surface area (Å²) in [5, 5.41) is 0. The lowest BCUT2D eigenvalue weighted by Crippen LogP contribution is -2.60. The minimum absolute atomic E-state index is 1.59. The topological polar surface area (TPSA) is 18.5 Å². The van der Waals surface area contributed by atoms with Crippen molar-refractivity contribution in [1.29, 1.82) is 0 Å². The van der Waals surface area contributed by atoms with E-state index in [9.17, 15) is 52.7 Å². The lowest BCUT2D eigenvalue weighted by atomic mass is 10.2. The highest BCUT2D eigenvalue weighted by molar-refractivity contribution is 4.87. The Morgan fingerprint density at radius 2 is 1.05 bits per heavy atom. The summed E-state index contributed by atoms with van der Waals surface area (Å²) >= 11 is 0. The standard InChI is InChI=1S/C6H2F12O2/c7-2(8,9)1-19-5(14,15)3(10,4(11,12)13)20-6(16,17)18/h1H2. The summed E-state index contributed by atoms with van der Waals surface area (Å²) < 4.78 is 147. The van der Waals surface area contributed by atoms with Gasteiger partial charge in [0.05, 0.1) is 0 Å². The van der Waals surface area contributed by atoms with Crippen LogP contribution in [0.25, 0.3) is 0 Å². The fraction of sp³-hybridized carbons (Fsp3) is 1.00. The molecular weight excluding hydrogens is 332 g/mol. The molecule has 0 saturated carbocycles. The number of hydrogen-bond acceptors (Lipinski definition) is 2. The lowest BCUT2D eigenvalue weighted by molar-refractivity contribution is -0.522. The molecule has 0 aromatic carbocycles. The summed E-state index contributed by atoms with van der Waals surface area (Å²) in [7, 11) is 0. The van der Waals surface area contributed by atoms with E-state index in [0.29, 0.717) is 0 Å². The van der Waals surface area contributed by atoms with E-state index < -0.39 is 37.3 Å². The van der Waals surface area contributed by atoms with Gasteiger partial charge in [0.25, 0.3) is 0 Å². The maximum absolute atomic E-state index is 12.8. The first kappa shape index (κ1) is 19.1. The molecule has 0 aromatic heterocycles. The van der Waals surface area contributed by atoms with Crippen molar-refractivity contribution in [1.82, 2.24) is 0 Å². The highest BCUT2D eigenvalue weighted by Gasteiger charge is 2.78. The van der Waals surface area contributed by atoms with E-state index in [2.05, 4.69) is 4.74 Å². The van der Waals surface area contributed by atoms with Crippen molar-refractivity contribution in [2.75, 3.05) is 6.61 Å². The molecule has 0 aliphatic heterocycles. The van der Waals surface area contributed by atoms with Crippen LogP contribution in [-0.4, -0.2) is 37.3 Å². The second-order valence-electron chi connectivity index (χ2n) is 3.06. The Hall–Kier alpha value is -0.920. The first-order valence-corrected chi connectivity index (χ1v) is 4.02. The summed E-state index contributed by atoms with van der Waals surface area (Å²) in [6, 6.07) is 0. The number of hydrogen-bond donors (Lipinski definition) is 0. The van der Waals surface area contributed by atoms with Gasteiger partial charge in [0.15, 0.2) is 0 Å². The van der Waals surface area contributed by atoms with Crippen LogP contribution in [0.4, 0.5) is 52.7 Å². The molecule has 1 unspecified atom stereocenters. The molecule has 0 aliphatic rings. The van der Waals surface area contributed by atoms with E-state index in [4.69, 9.17) is 0 Å². The third-order valence-electron chi connectivity index (χ3n) is 1.41. The highest BCUT2D eigenvalue weighted by atomic mass is 19.4. The Bertz CT molecular complexity index is 326. The second-order valence-corrected chi connectivity index (χ2v) is 3.06. The normalized spacial score (nSPS) is 18.0. The summed E-state index contributed by atoms with van der Waals surface area (Å²) in [6.07, 6.45) is -25.8. The third kappa shape index (κ3) is 4.88. The van der Waals surface area contributed by atoms with Gasteiger partial charge in [0, 0.05) is 0 Å². The average Bonchev–Trinajstić information content (AvgIpc) is 2.09. The molecule has 20 heavy (non-hydrogen) atoms. The molecule has 122 valence electrons. The van der Waals surface area contributed by atoms with Gasteiger partial charge >= 0.3 is 30.7 Å². The Kier molecular flexibility index (Phi) is 4.89. The van der Waals surface area contributed by atoms with Gasteiger partial charge in [-0.2, -0.15) is 39.5 Å². The highest BCUT2D eigenvalue weighted by Crippen LogP contribution is 2.49. The molecule has 0 radical (unpaired) electrons. The molecule has 0 bridgehead atoms. The van der Waals surface area contributed by atoms with Gasteiger partial charge in [-0.05, 0) is 0 Å². The Morgan fingerprint density at radius 3 is 1.30 bits per heavy atom. The fourth-order valence-corrected chi connectivity index (χ4v) is 0.707. The summed E-state index contributed by atoms with van der Waals surface area (Å²) in [6.45, 7) is -3.14. The van der Waals surface area contributed by atoms with E-state index in [0.717, 1.165) is 0 Å². The van der Waals surface area contributed by atoms with E-state index in [1.54, 1.807) is 4.74 Å². The van der Waals surface area contributed by atoms with Gasteiger partial charge in [0.1, 0.15) is 6.61 Å². The van der Waals surface area contributed by atoms with Crippen LogP contribution in [0.2, 0.25) is 0 Å². The second kappa shape index (κ2) is 5.13. The Morgan fingerprint density at radius 1 is 0.650 bits per heavy atom. The van der Waals surface area contributed by atoms with E-state index in [-0.39, 0.29) is 0 Å². The average molecular weight is 334 g/mol. The SMILES string of the molecule is FC(F)(F)COC(F)(F)C(F)(OC(F)(F)F)C(F)(F)F. The van der Waals surface area contributed by atoms with Crippen LogP contribution in [0.1, 0.15) is 0 Å². The first-order valence-electron chi connectivity index (χ1n) is 4.02. The molecule has 0 aromatic rings. The summed E-state index contributed by atoms with van der Waals surface area (Å²) in [5.41, 5.74) is 0. The smallest absolute Gasteiger partial charge is 0.306 e. The molecule has 0 spiro atoms. The van der Waals surface area contributed by atoms with Crippen LogP contribution in [0, 0.1) is 0 Å². The van der Waals surface area contributed by atoms with Gasteiger partial charge in [-0.3, -0.25) is 0 Å². The van der Waals surface area contributed by atoms with Gasteiger partial charge in [-0.25, -0.2) is 4.74 Å². The molecule has 0 heterocycles. The molecule has 0 fully saturated rings. The van der Waals surface area contributed by atoms with E-state index in [1.165, 1.54) is 0 Å². The van der Waals surface area contributed by atoms with E-state index in [1.807, 2.05) is 0 Å². The number of alkyl halides is 12. The molecule has 14 heteroatoms. The van der Waals surface area contributed by atoms with Crippen molar-refractivity contribution in [3.05, 3.63) is 0 Å². The van der Waals surface area contributed by atoms with Crippen LogP contribution < -0.4 is 0 Å². The van der Waals surface area contributed by atoms with Crippen molar-refractivity contribution in [2.45, 2.75) is 30.7 Å². The predicted molar refractivity (Wildman–Crippen MR) is 34.0 cm³/mol. The number of ether oxygens (including phenoxy) is 2. The van der Waals surface area contributed by atoms with Crippen LogP contribution in [-0.2, 0) is 9.47 Å². The predicted octanol–water partition coefficient (Wildman–Crippen LogP) is 3.92. The van der Waals surface area contributed by atoms with Crippen molar-refractivity contribution in [3.8, 4) is 0 Å². The summed E-state index contributed by atoms with van der Waals surface area (Å²) in [5.74, 6) is -6.84. The van der Waals surface area contributed by atoms with Crippen LogP contribution >= 0.6 is 0 Å².